The molecule has 0 saturated heterocycles. The molecule has 0 radical (unpaired) electrons. The molecule has 0 bridgehead atoms. The molecule has 108 valence electrons. The van der Waals surface area contributed by atoms with E-state index in [1.807, 2.05) is 5.70 Å². The van der Waals surface area contributed by atoms with Crippen LogP contribution in [0.5, 0.6) is 0 Å². The molecule has 0 aromatic heterocycles. The zero-order valence-corrected chi connectivity index (χ0v) is 13.8. The Morgan fingerprint density at radius 2 is 1.72 bits per heavy atom. The van der Waals surface area contributed by atoms with E-state index in [9.17, 15) is 0 Å². The maximum Gasteiger partial charge on any atom is 0.361 e. The van der Waals surface area contributed by atoms with Gasteiger partial charge < -0.3 is 8.85 Å². The van der Waals surface area contributed by atoms with Crippen LogP contribution in [0.15, 0.2) is 12.3 Å². The molecule has 0 amide bonds. The first-order chi connectivity index (χ1) is 8.61. The predicted octanol–water partition coefficient (Wildman–Crippen LogP) is 4.98. The van der Waals surface area contributed by atoms with Crippen LogP contribution in [0.1, 0.15) is 65.7 Å². The van der Waals surface area contributed by atoms with Crippen molar-refractivity contribution in [2.75, 3.05) is 6.61 Å². The largest absolute Gasteiger partial charge is 0.391 e. The topological polar surface area (TPSA) is 18.5 Å². The van der Waals surface area contributed by atoms with Gasteiger partial charge in [-0.05, 0) is 31.5 Å². The lowest BCUT2D eigenvalue weighted by atomic mass is 10.1. The van der Waals surface area contributed by atoms with E-state index >= 15 is 0 Å². The molecule has 0 aliphatic heterocycles. The lowest BCUT2D eigenvalue weighted by Gasteiger charge is -2.29. The van der Waals surface area contributed by atoms with Gasteiger partial charge in [0.1, 0.15) is 0 Å². The van der Waals surface area contributed by atoms with Gasteiger partial charge >= 0.3 is 8.56 Å². The SMILES string of the molecule is C=C[Si](C)(OCCCC)OC(CCC)CCCC. The number of rotatable bonds is 12. The molecule has 0 aromatic carbocycles. The summed E-state index contributed by atoms with van der Waals surface area (Å²) >= 11 is 0. The maximum atomic E-state index is 6.27. The summed E-state index contributed by atoms with van der Waals surface area (Å²) < 4.78 is 12.2. The summed E-state index contributed by atoms with van der Waals surface area (Å²) in [6, 6.07) is 0. The highest BCUT2D eigenvalue weighted by molar-refractivity contribution is 6.71. The summed E-state index contributed by atoms with van der Waals surface area (Å²) in [4.78, 5) is 0. The fourth-order valence-electron chi connectivity index (χ4n) is 1.91. The molecule has 0 saturated carbocycles. The third-order valence-electron chi connectivity index (χ3n) is 3.15. The van der Waals surface area contributed by atoms with Crippen LogP contribution in [0.25, 0.3) is 0 Å². The Kier molecular flexibility index (Phi) is 10.7. The minimum absolute atomic E-state index is 0.353. The fourth-order valence-corrected chi connectivity index (χ4v) is 3.64. The van der Waals surface area contributed by atoms with Gasteiger partial charge in [0.05, 0.1) is 0 Å². The van der Waals surface area contributed by atoms with Gasteiger partial charge in [0, 0.05) is 12.7 Å². The van der Waals surface area contributed by atoms with Gasteiger partial charge in [0.15, 0.2) is 0 Å². The van der Waals surface area contributed by atoms with Gasteiger partial charge in [0.25, 0.3) is 0 Å². The quantitative estimate of drug-likeness (QED) is 0.368. The molecule has 0 aliphatic rings. The first-order valence-corrected chi connectivity index (χ1v) is 9.96. The van der Waals surface area contributed by atoms with Crippen molar-refractivity contribution in [1.82, 2.24) is 0 Å². The standard InChI is InChI=1S/C15H32O2Si/c1-6-10-13-15(12-8-3)17-18(5,9-4)16-14-11-7-2/h9,15H,4,6-8,10-14H2,1-3,5H3. The number of hydrogen-bond donors (Lipinski definition) is 0. The molecule has 0 aromatic rings. The van der Waals surface area contributed by atoms with E-state index in [0.717, 1.165) is 32.3 Å². The van der Waals surface area contributed by atoms with Crippen LogP contribution < -0.4 is 0 Å². The summed E-state index contributed by atoms with van der Waals surface area (Å²) in [5.74, 6) is 0. The molecule has 2 unspecified atom stereocenters. The average Bonchev–Trinajstić information content (AvgIpc) is 2.36. The molecule has 0 aliphatic carbocycles. The predicted molar refractivity (Wildman–Crippen MR) is 82.0 cm³/mol. The van der Waals surface area contributed by atoms with Crippen molar-refractivity contribution in [3.63, 3.8) is 0 Å². The van der Waals surface area contributed by atoms with Crippen LogP contribution in [-0.4, -0.2) is 21.3 Å². The Morgan fingerprint density at radius 3 is 2.22 bits per heavy atom. The van der Waals surface area contributed by atoms with E-state index in [0.29, 0.717) is 6.10 Å². The van der Waals surface area contributed by atoms with Gasteiger partial charge in [-0.3, -0.25) is 0 Å². The lowest BCUT2D eigenvalue weighted by Crippen LogP contribution is -2.41. The molecular weight excluding hydrogens is 240 g/mol. The van der Waals surface area contributed by atoms with Crippen molar-refractivity contribution in [2.24, 2.45) is 0 Å². The normalized spacial score (nSPS) is 16.2. The van der Waals surface area contributed by atoms with Gasteiger partial charge in [-0.2, -0.15) is 0 Å². The Morgan fingerprint density at radius 1 is 1.06 bits per heavy atom. The molecular formula is C15H32O2Si. The third kappa shape index (κ3) is 8.06. The summed E-state index contributed by atoms with van der Waals surface area (Å²) in [7, 11) is -2.15. The third-order valence-corrected chi connectivity index (χ3v) is 5.47. The molecule has 2 nitrogen and oxygen atoms in total. The molecule has 0 heterocycles. The maximum absolute atomic E-state index is 6.27. The first-order valence-electron chi connectivity index (χ1n) is 7.57. The van der Waals surface area contributed by atoms with Gasteiger partial charge in [-0.15, -0.1) is 6.58 Å². The van der Waals surface area contributed by atoms with E-state index < -0.39 is 8.56 Å². The average molecular weight is 273 g/mol. The van der Waals surface area contributed by atoms with E-state index in [1.165, 1.54) is 19.3 Å². The fraction of sp³-hybridized carbons (Fsp3) is 0.867. The van der Waals surface area contributed by atoms with Crippen molar-refractivity contribution in [3.05, 3.63) is 12.3 Å². The molecule has 0 fully saturated rings. The highest BCUT2D eigenvalue weighted by atomic mass is 28.4. The summed E-state index contributed by atoms with van der Waals surface area (Å²) in [5, 5.41) is 0. The number of hydrogen-bond acceptors (Lipinski definition) is 2. The molecule has 0 N–H and O–H groups in total. The second-order valence-electron chi connectivity index (χ2n) is 5.09. The second-order valence-corrected chi connectivity index (χ2v) is 8.06. The van der Waals surface area contributed by atoms with Crippen LogP contribution in [0, 0.1) is 0 Å². The molecule has 0 rings (SSSR count). The molecule has 0 spiro atoms. The molecule has 3 heteroatoms. The minimum Gasteiger partial charge on any atom is -0.391 e. The van der Waals surface area contributed by atoms with Crippen LogP contribution in [0.2, 0.25) is 6.55 Å². The Labute approximate surface area is 115 Å². The van der Waals surface area contributed by atoms with E-state index in [-0.39, 0.29) is 0 Å². The van der Waals surface area contributed by atoms with Gasteiger partial charge in [-0.1, -0.05) is 46.5 Å². The highest BCUT2D eigenvalue weighted by Gasteiger charge is 2.30. The van der Waals surface area contributed by atoms with E-state index in [2.05, 4.69) is 33.9 Å². The Bertz CT molecular complexity index is 209. The number of unbranched alkanes of at least 4 members (excludes halogenated alkanes) is 2. The van der Waals surface area contributed by atoms with Crippen molar-refractivity contribution < 1.29 is 8.85 Å². The highest BCUT2D eigenvalue weighted by Crippen LogP contribution is 2.19. The summed E-state index contributed by atoms with van der Waals surface area (Å²) in [6.45, 7) is 13.5. The minimum atomic E-state index is -2.15. The van der Waals surface area contributed by atoms with Crippen LogP contribution in [-0.2, 0) is 8.85 Å². The zero-order valence-electron chi connectivity index (χ0n) is 12.8. The monoisotopic (exact) mass is 272 g/mol. The van der Waals surface area contributed by atoms with Crippen LogP contribution >= 0.6 is 0 Å². The van der Waals surface area contributed by atoms with Crippen LogP contribution in [0.3, 0.4) is 0 Å². The summed E-state index contributed by atoms with van der Waals surface area (Å²) in [6.07, 6.45) is 8.54. The first kappa shape index (κ1) is 17.9. The van der Waals surface area contributed by atoms with Crippen molar-refractivity contribution in [2.45, 2.75) is 78.4 Å². The summed E-state index contributed by atoms with van der Waals surface area (Å²) in [5.41, 5.74) is 1.93. The second kappa shape index (κ2) is 10.8. The van der Waals surface area contributed by atoms with Crippen molar-refractivity contribution in [3.8, 4) is 0 Å². The van der Waals surface area contributed by atoms with E-state index in [1.54, 1.807) is 0 Å². The lowest BCUT2D eigenvalue weighted by molar-refractivity contribution is 0.109. The Hall–Kier alpha value is -0.123. The van der Waals surface area contributed by atoms with Gasteiger partial charge in [0.2, 0.25) is 0 Å². The van der Waals surface area contributed by atoms with Crippen LogP contribution in [0.4, 0.5) is 0 Å². The van der Waals surface area contributed by atoms with Gasteiger partial charge in [-0.25, -0.2) is 0 Å². The van der Waals surface area contributed by atoms with E-state index in [4.69, 9.17) is 8.85 Å². The molecule has 18 heavy (non-hydrogen) atoms. The Balaban J connectivity index is 4.27. The van der Waals surface area contributed by atoms with Crippen molar-refractivity contribution >= 4 is 8.56 Å². The van der Waals surface area contributed by atoms with Crippen molar-refractivity contribution in [1.29, 1.82) is 0 Å². The smallest absolute Gasteiger partial charge is 0.361 e. The zero-order chi connectivity index (χ0) is 13.9. The molecule has 2 atom stereocenters.